The van der Waals surface area contributed by atoms with Gasteiger partial charge in [-0.2, -0.15) is 9.98 Å². The van der Waals surface area contributed by atoms with Crippen molar-refractivity contribution in [3.63, 3.8) is 0 Å². The first kappa shape index (κ1) is 15.0. The molecule has 1 unspecified atom stereocenters. The normalized spacial score (nSPS) is 12.6. The zero-order valence-corrected chi connectivity index (χ0v) is 10.9. The van der Waals surface area contributed by atoms with Gasteiger partial charge >= 0.3 is 5.82 Å². The number of nitrogens with zero attached hydrogens (tertiary/aromatic N) is 3. The van der Waals surface area contributed by atoms with E-state index in [1.54, 1.807) is 0 Å². The SMILES string of the molecule is CCCC(C#N)NS(=O)(=O)c1ccc([N+](=O)[O-])nc1. The van der Waals surface area contributed by atoms with Gasteiger partial charge in [0.1, 0.15) is 10.9 Å². The summed E-state index contributed by atoms with van der Waals surface area (Å²) in [6.07, 6.45) is 1.93. The molecule has 0 aromatic carbocycles. The van der Waals surface area contributed by atoms with Gasteiger partial charge in [-0.1, -0.05) is 13.3 Å². The Balaban J connectivity index is 2.94. The van der Waals surface area contributed by atoms with Crippen LogP contribution in [0.5, 0.6) is 0 Å². The molecule has 9 heteroatoms. The lowest BCUT2D eigenvalue weighted by molar-refractivity contribution is -0.389. The first-order valence-electron chi connectivity index (χ1n) is 5.43. The summed E-state index contributed by atoms with van der Waals surface area (Å²) in [6, 6.07) is 3.08. The molecule has 0 amide bonds. The molecule has 0 fully saturated rings. The average Bonchev–Trinajstić information content (AvgIpc) is 2.38. The number of hydrogen-bond donors (Lipinski definition) is 1. The molecule has 8 nitrogen and oxygen atoms in total. The second kappa shape index (κ2) is 6.21. The van der Waals surface area contributed by atoms with Crippen LogP contribution in [0.4, 0.5) is 5.82 Å². The van der Waals surface area contributed by atoms with Gasteiger partial charge in [0.25, 0.3) is 0 Å². The van der Waals surface area contributed by atoms with Gasteiger partial charge in [0.2, 0.25) is 10.0 Å². The topological polar surface area (TPSA) is 126 Å². The molecule has 1 N–H and O–H groups in total. The van der Waals surface area contributed by atoms with Gasteiger partial charge in [-0.05, 0) is 22.4 Å². The maximum absolute atomic E-state index is 11.9. The smallest absolute Gasteiger partial charge is 0.358 e. The molecule has 0 bridgehead atoms. The highest BCUT2D eigenvalue weighted by atomic mass is 32.2. The van der Waals surface area contributed by atoms with E-state index in [4.69, 9.17) is 5.26 Å². The minimum absolute atomic E-state index is 0.213. The van der Waals surface area contributed by atoms with E-state index in [9.17, 15) is 18.5 Å². The zero-order chi connectivity index (χ0) is 14.5. The van der Waals surface area contributed by atoms with E-state index in [2.05, 4.69) is 9.71 Å². The van der Waals surface area contributed by atoms with Crippen molar-refractivity contribution in [2.24, 2.45) is 0 Å². The van der Waals surface area contributed by atoms with E-state index in [0.717, 1.165) is 18.3 Å². The predicted molar refractivity (Wildman–Crippen MR) is 65.5 cm³/mol. The number of aromatic nitrogens is 1. The molecule has 0 aliphatic rings. The summed E-state index contributed by atoms with van der Waals surface area (Å²) < 4.78 is 26.0. The van der Waals surface area contributed by atoms with Crippen LogP contribution in [0.15, 0.2) is 23.2 Å². The Morgan fingerprint density at radius 3 is 2.68 bits per heavy atom. The number of sulfonamides is 1. The van der Waals surface area contributed by atoms with Gasteiger partial charge in [0, 0.05) is 6.07 Å². The number of nitriles is 1. The van der Waals surface area contributed by atoms with Crippen molar-refractivity contribution in [3.05, 3.63) is 28.4 Å². The fourth-order valence-corrected chi connectivity index (χ4v) is 2.45. The maximum Gasteiger partial charge on any atom is 0.363 e. The lowest BCUT2D eigenvalue weighted by Gasteiger charge is -2.10. The summed E-state index contributed by atoms with van der Waals surface area (Å²) in [5, 5.41) is 19.2. The van der Waals surface area contributed by atoms with E-state index in [-0.39, 0.29) is 4.90 Å². The van der Waals surface area contributed by atoms with Crippen LogP contribution in [0.1, 0.15) is 19.8 Å². The van der Waals surface area contributed by atoms with Gasteiger partial charge in [-0.15, -0.1) is 0 Å². The van der Waals surface area contributed by atoms with Crippen molar-refractivity contribution >= 4 is 15.8 Å². The summed E-state index contributed by atoms with van der Waals surface area (Å²) in [5.74, 6) is -0.440. The van der Waals surface area contributed by atoms with Crippen LogP contribution in [0.25, 0.3) is 0 Å². The van der Waals surface area contributed by atoms with Crippen LogP contribution in [0.3, 0.4) is 0 Å². The van der Waals surface area contributed by atoms with Gasteiger partial charge in [-0.3, -0.25) is 0 Å². The van der Waals surface area contributed by atoms with Gasteiger partial charge in [0.15, 0.2) is 6.20 Å². The number of rotatable bonds is 6. The second-order valence-electron chi connectivity index (χ2n) is 3.70. The Bertz CT molecular complexity index is 591. The number of pyridine rings is 1. The second-order valence-corrected chi connectivity index (χ2v) is 5.41. The Morgan fingerprint density at radius 1 is 1.58 bits per heavy atom. The third-order valence-corrected chi connectivity index (χ3v) is 3.71. The summed E-state index contributed by atoms with van der Waals surface area (Å²) in [5.41, 5.74) is 0. The van der Waals surface area contributed by atoms with Crippen LogP contribution in [0.2, 0.25) is 0 Å². The first-order valence-corrected chi connectivity index (χ1v) is 6.91. The Labute approximate surface area is 110 Å². The predicted octanol–water partition coefficient (Wildman–Crippen LogP) is 0.960. The van der Waals surface area contributed by atoms with Crippen LogP contribution < -0.4 is 4.72 Å². The molecule has 102 valence electrons. The molecule has 1 rings (SSSR count). The summed E-state index contributed by atoms with van der Waals surface area (Å²) in [4.78, 5) is 12.9. The molecule has 0 saturated heterocycles. The molecule has 1 atom stereocenters. The van der Waals surface area contributed by atoms with Gasteiger partial charge in [0.05, 0.1) is 6.07 Å². The highest BCUT2D eigenvalue weighted by Crippen LogP contribution is 2.13. The zero-order valence-electron chi connectivity index (χ0n) is 10.1. The van der Waals surface area contributed by atoms with Gasteiger partial charge in [-0.25, -0.2) is 8.42 Å². The van der Waals surface area contributed by atoms with E-state index < -0.39 is 26.8 Å². The number of hydrogen-bond acceptors (Lipinski definition) is 6. The molecule has 1 heterocycles. The minimum Gasteiger partial charge on any atom is -0.358 e. The molecule has 0 aliphatic heterocycles. The van der Waals surface area contributed by atoms with Gasteiger partial charge < -0.3 is 10.1 Å². The van der Waals surface area contributed by atoms with Crippen molar-refractivity contribution in [2.75, 3.05) is 0 Å². The third kappa shape index (κ3) is 3.97. The van der Waals surface area contributed by atoms with Crippen LogP contribution in [-0.2, 0) is 10.0 Å². The highest BCUT2D eigenvalue weighted by molar-refractivity contribution is 7.89. The van der Waals surface area contributed by atoms with E-state index in [1.165, 1.54) is 0 Å². The molecule has 1 aromatic heterocycles. The largest absolute Gasteiger partial charge is 0.363 e. The fraction of sp³-hybridized carbons (Fsp3) is 0.400. The third-order valence-electron chi connectivity index (χ3n) is 2.25. The molecule has 0 saturated carbocycles. The number of nitrogens with one attached hydrogen (secondary N) is 1. The summed E-state index contributed by atoms with van der Waals surface area (Å²) in [7, 11) is -3.89. The molecular formula is C10H12N4O4S. The van der Waals surface area contributed by atoms with E-state index in [0.29, 0.717) is 12.8 Å². The lowest BCUT2D eigenvalue weighted by Crippen LogP contribution is -2.33. The highest BCUT2D eigenvalue weighted by Gasteiger charge is 2.21. The molecule has 0 aliphatic carbocycles. The Hall–Kier alpha value is -2.05. The first-order chi connectivity index (χ1) is 8.90. The maximum atomic E-state index is 11.9. The molecule has 0 spiro atoms. The van der Waals surface area contributed by atoms with Crippen molar-refractivity contribution in [1.29, 1.82) is 5.26 Å². The van der Waals surface area contributed by atoms with Crippen LogP contribution in [0, 0.1) is 21.4 Å². The number of nitro groups is 1. The van der Waals surface area contributed by atoms with E-state index in [1.807, 2.05) is 13.0 Å². The standard InChI is InChI=1S/C10H12N4O4S/c1-2-3-8(6-11)13-19(17,18)9-4-5-10(12-7-9)14(15)16/h4-5,7-8,13H,2-3H2,1H3. The van der Waals surface area contributed by atoms with Crippen molar-refractivity contribution in [2.45, 2.75) is 30.7 Å². The Kier molecular flexibility index (Phi) is 4.91. The summed E-state index contributed by atoms with van der Waals surface area (Å²) >= 11 is 0. The lowest BCUT2D eigenvalue weighted by atomic mass is 10.2. The monoisotopic (exact) mass is 284 g/mol. The van der Waals surface area contributed by atoms with E-state index >= 15 is 0 Å². The molecule has 0 radical (unpaired) electrons. The Morgan fingerprint density at radius 2 is 2.26 bits per heavy atom. The van der Waals surface area contributed by atoms with Crippen molar-refractivity contribution < 1.29 is 13.3 Å². The van der Waals surface area contributed by atoms with Crippen molar-refractivity contribution in [3.8, 4) is 6.07 Å². The van der Waals surface area contributed by atoms with Crippen LogP contribution >= 0.6 is 0 Å². The quantitative estimate of drug-likeness (QED) is 0.612. The molecule has 1 aromatic rings. The van der Waals surface area contributed by atoms with Crippen LogP contribution in [-0.4, -0.2) is 24.4 Å². The average molecular weight is 284 g/mol. The fourth-order valence-electron chi connectivity index (χ4n) is 1.33. The minimum atomic E-state index is -3.89. The summed E-state index contributed by atoms with van der Waals surface area (Å²) in [6.45, 7) is 1.83. The molecule has 19 heavy (non-hydrogen) atoms. The molecular weight excluding hydrogens is 272 g/mol. The van der Waals surface area contributed by atoms with Crippen molar-refractivity contribution in [1.82, 2.24) is 9.71 Å².